The van der Waals surface area contributed by atoms with Crippen LogP contribution in [0.4, 0.5) is 0 Å². The molecule has 0 fully saturated rings. The summed E-state index contributed by atoms with van der Waals surface area (Å²) in [5, 5.41) is 0.701. The van der Waals surface area contributed by atoms with Gasteiger partial charge in [0.2, 0.25) is 0 Å². The quantitative estimate of drug-likeness (QED) is 0.882. The zero-order chi connectivity index (χ0) is 15.2. The van der Waals surface area contributed by atoms with Gasteiger partial charge in [0, 0.05) is 11.1 Å². The van der Waals surface area contributed by atoms with Crippen molar-refractivity contribution in [2.75, 3.05) is 7.11 Å². The van der Waals surface area contributed by atoms with Crippen LogP contribution in [0.1, 0.15) is 18.1 Å². The molecular weight excluding hydrogens is 286 g/mol. The second-order valence-electron chi connectivity index (χ2n) is 5.05. The van der Waals surface area contributed by atoms with Gasteiger partial charge in [0.25, 0.3) is 0 Å². The molecule has 0 saturated carbocycles. The lowest BCUT2D eigenvalue weighted by atomic mass is 10.1. The molecule has 0 aliphatic heterocycles. The second-order valence-corrected chi connectivity index (χ2v) is 5.48. The van der Waals surface area contributed by atoms with Gasteiger partial charge >= 0.3 is 0 Å². The molecule has 0 amide bonds. The smallest absolute Gasteiger partial charge is 0.164 e. The molecule has 0 aliphatic rings. The number of benzene rings is 2. The van der Waals surface area contributed by atoms with Gasteiger partial charge < -0.3 is 15.2 Å². The number of ether oxygens (including phenoxy) is 2. The van der Waals surface area contributed by atoms with Gasteiger partial charge in [0.05, 0.1) is 7.11 Å². The molecule has 2 aromatic rings. The number of halogens is 1. The monoisotopic (exact) mass is 305 g/mol. The van der Waals surface area contributed by atoms with Crippen molar-refractivity contribution in [2.24, 2.45) is 5.73 Å². The fourth-order valence-corrected chi connectivity index (χ4v) is 2.39. The Morgan fingerprint density at radius 2 is 1.95 bits per heavy atom. The topological polar surface area (TPSA) is 44.5 Å². The molecule has 3 nitrogen and oxygen atoms in total. The van der Waals surface area contributed by atoms with E-state index < -0.39 is 0 Å². The van der Waals surface area contributed by atoms with E-state index in [1.807, 2.05) is 49.4 Å². The summed E-state index contributed by atoms with van der Waals surface area (Å²) in [5.41, 5.74) is 7.96. The summed E-state index contributed by atoms with van der Waals surface area (Å²) in [6, 6.07) is 13.5. The maximum absolute atomic E-state index is 5.99. The van der Waals surface area contributed by atoms with E-state index in [1.165, 1.54) is 0 Å². The average molecular weight is 306 g/mol. The molecule has 2 N–H and O–H groups in total. The van der Waals surface area contributed by atoms with E-state index in [2.05, 4.69) is 0 Å². The molecule has 4 heteroatoms. The summed E-state index contributed by atoms with van der Waals surface area (Å²) in [7, 11) is 1.64. The minimum absolute atomic E-state index is 0.0608. The lowest BCUT2D eigenvalue weighted by Gasteiger charge is -2.16. The Hall–Kier alpha value is -1.71. The third-order valence-corrected chi connectivity index (χ3v) is 3.33. The molecule has 0 bridgehead atoms. The van der Waals surface area contributed by atoms with Gasteiger partial charge in [-0.05, 0) is 42.7 Å². The Kier molecular flexibility index (Phi) is 5.48. The summed E-state index contributed by atoms with van der Waals surface area (Å²) in [4.78, 5) is 0. The average Bonchev–Trinajstić information content (AvgIpc) is 2.45. The molecule has 0 aromatic heterocycles. The van der Waals surface area contributed by atoms with Crippen LogP contribution in [0.3, 0.4) is 0 Å². The molecule has 0 aliphatic carbocycles. The molecule has 21 heavy (non-hydrogen) atoms. The largest absolute Gasteiger partial charge is 0.493 e. The van der Waals surface area contributed by atoms with Crippen molar-refractivity contribution in [2.45, 2.75) is 26.0 Å². The van der Waals surface area contributed by atoms with Crippen LogP contribution in [0.25, 0.3) is 0 Å². The standard InChI is InChI=1S/C17H20ClNO2/c1-12(19)9-14-6-4-8-16(20-2)17(14)21-11-13-5-3-7-15(18)10-13/h3-8,10,12H,9,11,19H2,1-2H3. The zero-order valence-corrected chi connectivity index (χ0v) is 13.1. The number of nitrogens with two attached hydrogens (primary N) is 1. The normalized spacial score (nSPS) is 12.0. The lowest BCUT2D eigenvalue weighted by Crippen LogP contribution is -2.18. The van der Waals surface area contributed by atoms with E-state index in [4.69, 9.17) is 26.8 Å². The first-order valence-electron chi connectivity index (χ1n) is 6.89. The van der Waals surface area contributed by atoms with Gasteiger partial charge in [0.1, 0.15) is 6.61 Å². The highest BCUT2D eigenvalue weighted by Gasteiger charge is 2.12. The number of para-hydroxylation sites is 1. The first-order valence-corrected chi connectivity index (χ1v) is 7.26. The zero-order valence-electron chi connectivity index (χ0n) is 12.3. The van der Waals surface area contributed by atoms with Crippen molar-refractivity contribution >= 4 is 11.6 Å². The van der Waals surface area contributed by atoms with Crippen LogP contribution in [0.5, 0.6) is 11.5 Å². The maximum atomic E-state index is 5.99. The van der Waals surface area contributed by atoms with Crippen molar-refractivity contribution < 1.29 is 9.47 Å². The van der Waals surface area contributed by atoms with Crippen LogP contribution in [0.2, 0.25) is 5.02 Å². The van der Waals surface area contributed by atoms with E-state index >= 15 is 0 Å². The fraction of sp³-hybridized carbons (Fsp3) is 0.294. The van der Waals surface area contributed by atoms with Crippen LogP contribution in [-0.4, -0.2) is 13.2 Å². The van der Waals surface area contributed by atoms with Crippen molar-refractivity contribution in [1.29, 1.82) is 0 Å². The molecule has 2 rings (SSSR count). The predicted molar refractivity (Wildman–Crippen MR) is 86.1 cm³/mol. The predicted octanol–water partition coefficient (Wildman–Crippen LogP) is 3.82. The van der Waals surface area contributed by atoms with Gasteiger partial charge in [-0.25, -0.2) is 0 Å². The van der Waals surface area contributed by atoms with E-state index in [0.717, 1.165) is 29.0 Å². The van der Waals surface area contributed by atoms with Crippen LogP contribution in [0.15, 0.2) is 42.5 Å². The first-order chi connectivity index (χ1) is 10.1. The summed E-state index contributed by atoms with van der Waals surface area (Å²) in [6.45, 7) is 2.41. The Bertz CT molecular complexity index is 599. The van der Waals surface area contributed by atoms with Gasteiger partial charge in [-0.2, -0.15) is 0 Å². The van der Waals surface area contributed by atoms with Crippen LogP contribution in [-0.2, 0) is 13.0 Å². The highest BCUT2D eigenvalue weighted by molar-refractivity contribution is 6.30. The van der Waals surface area contributed by atoms with E-state index in [-0.39, 0.29) is 6.04 Å². The van der Waals surface area contributed by atoms with Gasteiger partial charge in [-0.15, -0.1) is 0 Å². The highest BCUT2D eigenvalue weighted by atomic mass is 35.5. The van der Waals surface area contributed by atoms with E-state index in [0.29, 0.717) is 11.6 Å². The van der Waals surface area contributed by atoms with Crippen LogP contribution < -0.4 is 15.2 Å². The number of rotatable bonds is 6. The molecule has 1 atom stereocenters. The third-order valence-electron chi connectivity index (χ3n) is 3.09. The fourth-order valence-electron chi connectivity index (χ4n) is 2.18. The Morgan fingerprint density at radius 3 is 2.62 bits per heavy atom. The van der Waals surface area contributed by atoms with Crippen LogP contribution >= 0.6 is 11.6 Å². The van der Waals surface area contributed by atoms with Gasteiger partial charge in [0.15, 0.2) is 11.5 Å². The molecule has 0 heterocycles. The minimum atomic E-state index is 0.0608. The summed E-state index contributed by atoms with van der Waals surface area (Å²) in [6.07, 6.45) is 0.738. The molecule has 1 unspecified atom stereocenters. The Labute approximate surface area is 130 Å². The molecule has 0 saturated heterocycles. The third kappa shape index (κ3) is 4.38. The van der Waals surface area contributed by atoms with Crippen molar-refractivity contribution in [3.8, 4) is 11.5 Å². The molecular formula is C17H20ClNO2. The number of hydrogen-bond donors (Lipinski definition) is 1. The maximum Gasteiger partial charge on any atom is 0.164 e. The molecule has 112 valence electrons. The number of hydrogen-bond acceptors (Lipinski definition) is 3. The van der Waals surface area contributed by atoms with E-state index in [9.17, 15) is 0 Å². The van der Waals surface area contributed by atoms with Gasteiger partial charge in [-0.1, -0.05) is 35.9 Å². The first kappa shape index (κ1) is 15.7. The minimum Gasteiger partial charge on any atom is -0.493 e. The van der Waals surface area contributed by atoms with Crippen LogP contribution in [0, 0.1) is 0 Å². The highest BCUT2D eigenvalue weighted by Crippen LogP contribution is 2.32. The summed E-state index contributed by atoms with van der Waals surface area (Å²) in [5.74, 6) is 1.47. The second kappa shape index (κ2) is 7.34. The Balaban J connectivity index is 2.21. The van der Waals surface area contributed by atoms with Gasteiger partial charge in [-0.3, -0.25) is 0 Å². The Morgan fingerprint density at radius 1 is 1.19 bits per heavy atom. The molecule has 2 aromatic carbocycles. The van der Waals surface area contributed by atoms with E-state index in [1.54, 1.807) is 7.11 Å². The number of methoxy groups -OCH3 is 1. The summed E-state index contributed by atoms with van der Waals surface area (Å²) < 4.78 is 11.3. The van der Waals surface area contributed by atoms with Crippen molar-refractivity contribution in [3.63, 3.8) is 0 Å². The van der Waals surface area contributed by atoms with Crippen molar-refractivity contribution in [3.05, 3.63) is 58.6 Å². The summed E-state index contributed by atoms with van der Waals surface area (Å²) >= 11 is 5.99. The molecule has 0 radical (unpaired) electrons. The lowest BCUT2D eigenvalue weighted by molar-refractivity contribution is 0.281. The van der Waals surface area contributed by atoms with Crippen molar-refractivity contribution in [1.82, 2.24) is 0 Å². The SMILES string of the molecule is COc1cccc(CC(C)N)c1OCc1cccc(Cl)c1. The molecule has 0 spiro atoms.